The van der Waals surface area contributed by atoms with Crippen molar-refractivity contribution in [1.29, 1.82) is 0 Å². The van der Waals surface area contributed by atoms with Crippen LogP contribution in [0.4, 0.5) is 10.2 Å². The van der Waals surface area contributed by atoms with Crippen LogP contribution in [0.1, 0.15) is 47.4 Å². The number of amides is 1. The third-order valence-electron chi connectivity index (χ3n) is 6.62. The second kappa shape index (κ2) is 15.2. The van der Waals surface area contributed by atoms with E-state index in [1.165, 1.54) is 26.0 Å². The Kier molecular flexibility index (Phi) is 11.7. The molecule has 0 spiro atoms. The first-order valence-electron chi connectivity index (χ1n) is 13.0. The van der Waals surface area contributed by atoms with Crippen molar-refractivity contribution >= 4 is 17.7 Å². The summed E-state index contributed by atoms with van der Waals surface area (Å²) < 4.78 is 23.8. The summed E-state index contributed by atoms with van der Waals surface area (Å²) in [4.78, 5) is 35.3. The number of carboxylic acids is 1. The lowest BCUT2D eigenvalue weighted by Crippen LogP contribution is -2.44. The molecule has 1 aliphatic heterocycles. The molecule has 38 heavy (non-hydrogen) atoms. The minimum atomic E-state index is -1.16. The van der Waals surface area contributed by atoms with Crippen LogP contribution in [0.2, 0.25) is 0 Å². The van der Waals surface area contributed by atoms with E-state index in [-0.39, 0.29) is 17.9 Å². The summed E-state index contributed by atoms with van der Waals surface area (Å²) in [5.41, 5.74) is 2.30. The Labute approximate surface area is 222 Å². The van der Waals surface area contributed by atoms with E-state index < -0.39 is 30.7 Å². The van der Waals surface area contributed by atoms with Gasteiger partial charge in [0.25, 0.3) is 5.91 Å². The van der Waals surface area contributed by atoms with Gasteiger partial charge in [-0.15, -0.1) is 0 Å². The number of hydrogen-bond acceptors (Lipinski definition) is 8. The van der Waals surface area contributed by atoms with Gasteiger partial charge >= 0.3 is 5.97 Å². The number of aromatic nitrogens is 2. The maximum atomic E-state index is 13.4. The summed E-state index contributed by atoms with van der Waals surface area (Å²) >= 11 is 0. The van der Waals surface area contributed by atoms with Crippen molar-refractivity contribution < 1.29 is 28.6 Å². The number of fused-ring (bicyclic) bond motifs is 1. The number of aliphatic carboxylic acids is 1. The molecule has 0 radical (unpaired) electrons. The van der Waals surface area contributed by atoms with Gasteiger partial charge in [0.2, 0.25) is 0 Å². The number of halogens is 1. The topological polar surface area (TPSA) is 126 Å². The molecule has 2 aromatic rings. The summed E-state index contributed by atoms with van der Waals surface area (Å²) in [5.74, 6) is -0.557. The van der Waals surface area contributed by atoms with Gasteiger partial charge in [-0.2, -0.15) is 0 Å². The van der Waals surface area contributed by atoms with Crippen LogP contribution in [0.5, 0.6) is 5.75 Å². The molecule has 0 aromatic carbocycles. The highest BCUT2D eigenvalue weighted by Crippen LogP contribution is 2.20. The first kappa shape index (κ1) is 29.2. The molecule has 10 nitrogen and oxygen atoms in total. The molecule has 0 saturated carbocycles. The molecule has 1 amide bonds. The number of hydrogen-bond donors (Lipinski definition) is 3. The van der Waals surface area contributed by atoms with Gasteiger partial charge in [0.05, 0.1) is 13.2 Å². The van der Waals surface area contributed by atoms with Crippen molar-refractivity contribution in [3.63, 3.8) is 0 Å². The van der Waals surface area contributed by atoms with Crippen LogP contribution in [0.25, 0.3) is 0 Å². The Balaban J connectivity index is 1.55. The zero-order valence-corrected chi connectivity index (χ0v) is 22.1. The quantitative estimate of drug-likeness (QED) is 0.280. The van der Waals surface area contributed by atoms with Crippen LogP contribution >= 0.6 is 0 Å². The minimum absolute atomic E-state index is 0.0148. The number of nitrogens with one attached hydrogen (secondary N) is 2. The Hall–Kier alpha value is -3.31. The zero-order valence-electron chi connectivity index (χ0n) is 22.1. The average Bonchev–Trinajstić information content (AvgIpc) is 2.95. The van der Waals surface area contributed by atoms with Crippen LogP contribution in [0.3, 0.4) is 0 Å². The van der Waals surface area contributed by atoms with Crippen molar-refractivity contribution in [1.82, 2.24) is 20.2 Å². The van der Waals surface area contributed by atoms with Gasteiger partial charge < -0.3 is 30.1 Å². The molecule has 1 aliphatic rings. The van der Waals surface area contributed by atoms with Crippen LogP contribution in [0.15, 0.2) is 30.5 Å². The molecule has 11 heteroatoms. The van der Waals surface area contributed by atoms with Crippen molar-refractivity contribution in [3.05, 3.63) is 47.4 Å². The summed E-state index contributed by atoms with van der Waals surface area (Å²) in [6, 6.07) is 6.27. The van der Waals surface area contributed by atoms with Crippen LogP contribution in [-0.2, 0) is 22.4 Å². The number of methoxy groups -OCH3 is 2. The normalized spacial score (nSPS) is 14.3. The molecule has 3 rings (SSSR count). The third-order valence-corrected chi connectivity index (χ3v) is 6.62. The highest BCUT2D eigenvalue weighted by Gasteiger charge is 2.24. The molecular formula is C27H38FN5O5. The molecule has 0 fully saturated rings. The standard InChI is InChI=1S/C27H38FN5O5/c1-37-21(17-28)18-33(15-4-3-8-20-11-10-19-7-5-14-30-25(19)31-20)16-12-22(27(35)36)32-26(34)24-23(38-2)9-6-13-29-24/h6,9-11,13,21-22H,3-5,7-8,12,14-18H2,1-2H3,(H,30,31)(H,32,34)(H,35,36). The highest BCUT2D eigenvalue weighted by atomic mass is 19.1. The molecule has 0 aliphatic carbocycles. The van der Waals surface area contributed by atoms with Crippen LogP contribution in [0, 0.1) is 0 Å². The molecule has 2 aromatic heterocycles. The van der Waals surface area contributed by atoms with E-state index >= 15 is 0 Å². The second-order valence-electron chi connectivity index (χ2n) is 9.32. The van der Waals surface area contributed by atoms with Gasteiger partial charge in [-0.05, 0) is 68.8 Å². The largest absolute Gasteiger partial charge is 0.494 e. The number of nitrogens with zero attached hydrogens (tertiary/aromatic N) is 3. The number of anilines is 1. The summed E-state index contributed by atoms with van der Waals surface area (Å²) in [6.07, 6.45) is 5.66. The van der Waals surface area contributed by atoms with Crippen LogP contribution < -0.4 is 15.4 Å². The number of alkyl halides is 1. The van der Waals surface area contributed by atoms with Gasteiger partial charge in [0, 0.05) is 38.6 Å². The highest BCUT2D eigenvalue weighted by molar-refractivity contribution is 5.97. The van der Waals surface area contributed by atoms with Crippen molar-refractivity contribution in [2.24, 2.45) is 0 Å². The molecule has 0 bridgehead atoms. The van der Waals surface area contributed by atoms with E-state index in [0.717, 1.165) is 50.2 Å². The fraction of sp³-hybridized carbons (Fsp3) is 0.556. The SMILES string of the molecule is COc1cccnc1C(=O)NC(CCN(CCCCc1ccc2c(n1)NCCC2)CC(CF)OC)C(=O)O. The van der Waals surface area contributed by atoms with Crippen molar-refractivity contribution in [2.45, 2.75) is 50.7 Å². The monoisotopic (exact) mass is 531 g/mol. The Morgan fingerprint density at radius 3 is 2.82 bits per heavy atom. The molecule has 208 valence electrons. The number of aryl methyl sites for hydroxylation is 2. The number of rotatable bonds is 16. The molecule has 3 heterocycles. The van der Waals surface area contributed by atoms with Crippen molar-refractivity contribution in [2.75, 3.05) is 52.4 Å². The first-order valence-corrected chi connectivity index (χ1v) is 13.0. The summed E-state index contributed by atoms with van der Waals surface area (Å²) in [7, 11) is 2.87. The van der Waals surface area contributed by atoms with E-state index in [2.05, 4.69) is 27.8 Å². The van der Waals surface area contributed by atoms with E-state index in [1.807, 2.05) is 4.90 Å². The number of carbonyl (C=O) groups excluding carboxylic acids is 1. The first-order chi connectivity index (χ1) is 18.4. The van der Waals surface area contributed by atoms with Crippen molar-refractivity contribution in [3.8, 4) is 5.75 Å². The number of carboxylic acid groups (broad SMARTS) is 1. The number of unbranched alkanes of at least 4 members (excludes halogenated alkanes) is 1. The fourth-order valence-corrected chi connectivity index (χ4v) is 4.44. The average molecular weight is 532 g/mol. The summed E-state index contributed by atoms with van der Waals surface area (Å²) in [5, 5.41) is 15.6. The lowest BCUT2D eigenvalue weighted by Gasteiger charge is -2.27. The molecule has 3 N–H and O–H groups in total. The van der Waals surface area contributed by atoms with Gasteiger partial charge in [-0.25, -0.2) is 19.2 Å². The van der Waals surface area contributed by atoms with E-state index in [4.69, 9.17) is 14.5 Å². The predicted molar refractivity (Wildman–Crippen MR) is 141 cm³/mol. The third kappa shape index (κ3) is 8.63. The van der Waals surface area contributed by atoms with Gasteiger partial charge in [-0.3, -0.25) is 4.79 Å². The van der Waals surface area contributed by atoms with E-state index in [0.29, 0.717) is 19.6 Å². The number of pyridine rings is 2. The minimum Gasteiger partial charge on any atom is -0.494 e. The molecule has 2 unspecified atom stereocenters. The molecule has 0 saturated heterocycles. The van der Waals surface area contributed by atoms with Gasteiger partial charge in [-0.1, -0.05) is 6.07 Å². The van der Waals surface area contributed by atoms with E-state index in [1.54, 1.807) is 12.1 Å². The lowest BCUT2D eigenvalue weighted by molar-refractivity contribution is -0.139. The number of carbonyl (C=O) groups is 2. The lowest BCUT2D eigenvalue weighted by atomic mass is 10.1. The Morgan fingerprint density at radius 1 is 1.24 bits per heavy atom. The summed E-state index contributed by atoms with van der Waals surface area (Å²) in [6.45, 7) is 1.61. The Bertz CT molecular complexity index is 1050. The van der Waals surface area contributed by atoms with Gasteiger partial charge in [0.15, 0.2) is 5.69 Å². The maximum absolute atomic E-state index is 13.4. The maximum Gasteiger partial charge on any atom is 0.326 e. The van der Waals surface area contributed by atoms with E-state index in [9.17, 15) is 19.1 Å². The molecule has 2 atom stereocenters. The number of ether oxygens (including phenoxy) is 2. The zero-order chi connectivity index (χ0) is 27.3. The predicted octanol–water partition coefficient (Wildman–Crippen LogP) is 2.73. The van der Waals surface area contributed by atoms with Crippen LogP contribution in [-0.4, -0.2) is 91.1 Å². The smallest absolute Gasteiger partial charge is 0.326 e. The second-order valence-corrected chi connectivity index (χ2v) is 9.32. The fourth-order valence-electron chi connectivity index (χ4n) is 4.44. The van der Waals surface area contributed by atoms with Gasteiger partial charge in [0.1, 0.15) is 24.3 Å². The Morgan fingerprint density at radius 2 is 2.08 bits per heavy atom. The molecular weight excluding hydrogens is 493 g/mol.